The summed E-state index contributed by atoms with van der Waals surface area (Å²) in [5.74, 6) is -0.0252. The molecule has 110 valence electrons. The van der Waals surface area contributed by atoms with Crippen molar-refractivity contribution in [3.8, 4) is 5.75 Å². The van der Waals surface area contributed by atoms with Crippen molar-refractivity contribution in [3.05, 3.63) is 65.4 Å². The molecule has 5 nitrogen and oxygen atoms in total. The van der Waals surface area contributed by atoms with Crippen LogP contribution in [0.4, 0.5) is 0 Å². The molecule has 22 heavy (non-hydrogen) atoms. The van der Waals surface area contributed by atoms with Crippen LogP contribution >= 0.6 is 0 Å². The number of phenolic OH excluding ortho intramolecular Hbond substituents is 1. The van der Waals surface area contributed by atoms with Crippen molar-refractivity contribution in [2.45, 2.75) is 6.92 Å². The van der Waals surface area contributed by atoms with Crippen molar-refractivity contribution in [2.24, 2.45) is 5.10 Å². The van der Waals surface area contributed by atoms with E-state index in [0.29, 0.717) is 11.1 Å². The predicted octanol–water partition coefficient (Wildman–Crippen LogP) is 3.21. The van der Waals surface area contributed by atoms with Gasteiger partial charge in [-0.05, 0) is 30.7 Å². The summed E-state index contributed by atoms with van der Waals surface area (Å²) in [7, 11) is 0. The summed E-state index contributed by atoms with van der Waals surface area (Å²) in [6, 6.07) is 14.0. The SMILES string of the molecule is Cc1c(C(=O)N/N=C\c2cccc(O)c2)oc2ccccc12. The Bertz CT molecular complexity index is 865. The van der Waals surface area contributed by atoms with Gasteiger partial charge in [-0.3, -0.25) is 4.79 Å². The maximum atomic E-state index is 12.1. The van der Waals surface area contributed by atoms with Gasteiger partial charge >= 0.3 is 5.91 Å². The zero-order chi connectivity index (χ0) is 15.5. The lowest BCUT2D eigenvalue weighted by atomic mass is 10.1. The van der Waals surface area contributed by atoms with Crippen LogP contribution in [0.15, 0.2) is 58.0 Å². The number of aryl methyl sites for hydroxylation is 1. The number of carbonyl (C=O) groups excluding carboxylic acids is 1. The molecule has 0 atom stereocenters. The fourth-order valence-electron chi connectivity index (χ4n) is 2.21. The van der Waals surface area contributed by atoms with Crippen molar-refractivity contribution >= 4 is 23.1 Å². The van der Waals surface area contributed by atoms with Crippen LogP contribution in [0.2, 0.25) is 0 Å². The zero-order valence-electron chi connectivity index (χ0n) is 11.9. The number of fused-ring (bicyclic) bond motifs is 1. The molecule has 0 aliphatic carbocycles. The number of rotatable bonds is 3. The summed E-state index contributed by atoms with van der Waals surface area (Å²) in [4.78, 5) is 12.1. The molecule has 0 saturated carbocycles. The van der Waals surface area contributed by atoms with Crippen molar-refractivity contribution < 1.29 is 14.3 Å². The van der Waals surface area contributed by atoms with E-state index < -0.39 is 5.91 Å². The lowest BCUT2D eigenvalue weighted by molar-refractivity contribution is 0.0929. The Morgan fingerprint density at radius 3 is 2.82 bits per heavy atom. The van der Waals surface area contributed by atoms with Crippen molar-refractivity contribution in [1.29, 1.82) is 0 Å². The number of para-hydroxylation sites is 1. The van der Waals surface area contributed by atoms with Gasteiger partial charge in [0.15, 0.2) is 5.76 Å². The summed E-state index contributed by atoms with van der Waals surface area (Å²) >= 11 is 0. The first-order valence-corrected chi connectivity index (χ1v) is 6.76. The first-order valence-electron chi connectivity index (χ1n) is 6.76. The number of nitrogens with one attached hydrogen (secondary N) is 1. The van der Waals surface area contributed by atoms with E-state index in [-0.39, 0.29) is 11.5 Å². The molecular formula is C17H14N2O3. The third-order valence-corrected chi connectivity index (χ3v) is 3.30. The topological polar surface area (TPSA) is 74.8 Å². The summed E-state index contributed by atoms with van der Waals surface area (Å²) in [5, 5.41) is 14.1. The first kappa shape index (κ1) is 13.9. The average molecular weight is 294 g/mol. The molecule has 5 heteroatoms. The van der Waals surface area contributed by atoms with E-state index in [1.165, 1.54) is 6.21 Å². The van der Waals surface area contributed by atoms with Gasteiger partial charge in [0.1, 0.15) is 11.3 Å². The monoisotopic (exact) mass is 294 g/mol. The largest absolute Gasteiger partial charge is 0.508 e. The Morgan fingerprint density at radius 1 is 1.23 bits per heavy atom. The second-order valence-corrected chi connectivity index (χ2v) is 4.85. The fourth-order valence-corrected chi connectivity index (χ4v) is 2.21. The van der Waals surface area contributed by atoms with Crippen LogP contribution in [0.25, 0.3) is 11.0 Å². The summed E-state index contributed by atoms with van der Waals surface area (Å²) in [5.41, 5.74) is 4.55. The van der Waals surface area contributed by atoms with Gasteiger partial charge < -0.3 is 9.52 Å². The highest BCUT2D eigenvalue weighted by Crippen LogP contribution is 2.24. The van der Waals surface area contributed by atoms with E-state index in [1.807, 2.05) is 31.2 Å². The second kappa shape index (κ2) is 5.73. The molecule has 0 aliphatic rings. The molecule has 0 saturated heterocycles. The van der Waals surface area contributed by atoms with Gasteiger partial charge in [0.2, 0.25) is 0 Å². The summed E-state index contributed by atoms with van der Waals surface area (Å²) in [6.45, 7) is 1.83. The van der Waals surface area contributed by atoms with E-state index in [9.17, 15) is 9.90 Å². The number of hydrazone groups is 1. The van der Waals surface area contributed by atoms with Gasteiger partial charge in [-0.2, -0.15) is 5.10 Å². The number of phenols is 1. The Labute approximate surface area is 126 Å². The van der Waals surface area contributed by atoms with E-state index in [4.69, 9.17) is 4.42 Å². The third kappa shape index (κ3) is 2.69. The molecular weight excluding hydrogens is 280 g/mol. The van der Waals surface area contributed by atoms with Crippen LogP contribution < -0.4 is 5.43 Å². The molecule has 0 spiro atoms. The highest BCUT2D eigenvalue weighted by atomic mass is 16.3. The van der Waals surface area contributed by atoms with Gasteiger partial charge in [-0.25, -0.2) is 5.43 Å². The highest BCUT2D eigenvalue weighted by Gasteiger charge is 2.16. The van der Waals surface area contributed by atoms with Crippen LogP contribution in [0, 0.1) is 6.92 Å². The van der Waals surface area contributed by atoms with E-state index in [0.717, 1.165) is 10.9 Å². The molecule has 1 aromatic heterocycles. The average Bonchev–Trinajstić information content (AvgIpc) is 2.85. The van der Waals surface area contributed by atoms with Crippen molar-refractivity contribution in [1.82, 2.24) is 5.43 Å². The molecule has 0 bridgehead atoms. The molecule has 0 unspecified atom stereocenters. The number of hydrogen-bond donors (Lipinski definition) is 2. The lowest BCUT2D eigenvalue weighted by Gasteiger charge is -1.98. The molecule has 0 aliphatic heterocycles. The quantitative estimate of drug-likeness (QED) is 0.575. The van der Waals surface area contributed by atoms with Crippen LogP contribution in [-0.4, -0.2) is 17.2 Å². The standard InChI is InChI=1S/C17H14N2O3/c1-11-14-7-2-3-8-15(14)22-16(11)17(21)19-18-10-12-5-4-6-13(20)9-12/h2-10,20H,1H3,(H,19,21)/b18-10-. The molecule has 0 fully saturated rings. The maximum absolute atomic E-state index is 12.1. The van der Waals surface area contributed by atoms with E-state index >= 15 is 0 Å². The van der Waals surface area contributed by atoms with Gasteiger partial charge in [-0.15, -0.1) is 0 Å². The first-order chi connectivity index (χ1) is 10.6. The molecule has 2 aromatic carbocycles. The summed E-state index contributed by atoms with van der Waals surface area (Å²) in [6.07, 6.45) is 1.45. The second-order valence-electron chi connectivity index (χ2n) is 4.85. The molecule has 1 heterocycles. The third-order valence-electron chi connectivity index (χ3n) is 3.30. The lowest BCUT2D eigenvalue weighted by Crippen LogP contribution is -2.17. The van der Waals surface area contributed by atoms with Gasteiger partial charge in [0, 0.05) is 10.9 Å². The number of benzene rings is 2. The van der Waals surface area contributed by atoms with Gasteiger partial charge in [0.25, 0.3) is 0 Å². The Kier molecular flexibility index (Phi) is 3.62. The van der Waals surface area contributed by atoms with Gasteiger partial charge in [0.05, 0.1) is 6.21 Å². The number of aromatic hydroxyl groups is 1. The minimum absolute atomic E-state index is 0.142. The Hall–Kier alpha value is -3.08. The van der Waals surface area contributed by atoms with Crippen molar-refractivity contribution in [2.75, 3.05) is 0 Å². The number of hydrogen-bond acceptors (Lipinski definition) is 4. The minimum Gasteiger partial charge on any atom is -0.508 e. The van der Waals surface area contributed by atoms with Gasteiger partial charge in [-0.1, -0.05) is 30.3 Å². The highest BCUT2D eigenvalue weighted by molar-refractivity contribution is 5.99. The van der Waals surface area contributed by atoms with Crippen LogP contribution in [0.1, 0.15) is 21.7 Å². The number of furan rings is 1. The normalized spacial score (nSPS) is 11.1. The molecule has 3 aromatic rings. The number of carbonyl (C=O) groups is 1. The Balaban J connectivity index is 1.77. The number of nitrogens with zero attached hydrogens (tertiary/aromatic N) is 1. The zero-order valence-corrected chi connectivity index (χ0v) is 11.9. The summed E-state index contributed by atoms with van der Waals surface area (Å²) < 4.78 is 5.56. The maximum Gasteiger partial charge on any atom is 0.307 e. The van der Waals surface area contributed by atoms with Crippen molar-refractivity contribution in [3.63, 3.8) is 0 Å². The van der Waals surface area contributed by atoms with Crippen LogP contribution in [0.3, 0.4) is 0 Å². The predicted molar refractivity (Wildman–Crippen MR) is 84.1 cm³/mol. The molecule has 2 N–H and O–H groups in total. The van der Waals surface area contributed by atoms with E-state index in [2.05, 4.69) is 10.5 Å². The molecule has 0 radical (unpaired) electrons. The Morgan fingerprint density at radius 2 is 2.05 bits per heavy atom. The molecule has 1 amide bonds. The smallest absolute Gasteiger partial charge is 0.307 e. The molecule has 3 rings (SSSR count). The van der Waals surface area contributed by atoms with Crippen LogP contribution in [0.5, 0.6) is 5.75 Å². The minimum atomic E-state index is -0.412. The number of amides is 1. The fraction of sp³-hybridized carbons (Fsp3) is 0.0588. The van der Waals surface area contributed by atoms with Crippen LogP contribution in [-0.2, 0) is 0 Å². The van der Waals surface area contributed by atoms with E-state index in [1.54, 1.807) is 24.3 Å².